The van der Waals surface area contributed by atoms with Crippen molar-refractivity contribution in [2.45, 2.75) is 31.9 Å². The van der Waals surface area contributed by atoms with Gasteiger partial charge in [-0.1, -0.05) is 18.2 Å². The van der Waals surface area contributed by atoms with E-state index in [1.165, 1.54) is 5.56 Å². The smallest absolute Gasteiger partial charge is 0.137 e. The van der Waals surface area contributed by atoms with E-state index in [2.05, 4.69) is 43.3 Å². The Labute approximate surface area is 153 Å². The zero-order chi connectivity index (χ0) is 17.6. The van der Waals surface area contributed by atoms with Crippen LogP contribution < -0.4 is 4.74 Å². The van der Waals surface area contributed by atoms with Gasteiger partial charge in [-0.25, -0.2) is 4.98 Å². The Bertz CT molecular complexity index is 798. The average Bonchev–Trinajstić information content (AvgIpc) is 3.23. The third kappa shape index (κ3) is 4.26. The zero-order valence-electron chi connectivity index (χ0n) is 14.7. The summed E-state index contributed by atoms with van der Waals surface area (Å²) in [5.41, 5.74) is 2.22. The van der Waals surface area contributed by atoms with Crippen LogP contribution in [0, 0.1) is 0 Å². The van der Waals surface area contributed by atoms with Crippen molar-refractivity contribution in [1.82, 2.24) is 25.1 Å². The molecule has 0 amide bonds. The van der Waals surface area contributed by atoms with E-state index < -0.39 is 0 Å². The summed E-state index contributed by atoms with van der Waals surface area (Å²) in [5, 5.41) is 6.97. The summed E-state index contributed by atoms with van der Waals surface area (Å²) in [6.45, 7) is 3.59. The van der Waals surface area contributed by atoms with Crippen molar-refractivity contribution in [3.05, 3.63) is 72.1 Å². The van der Waals surface area contributed by atoms with E-state index >= 15 is 0 Å². The number of nitrogens with one attached hydrogen (secondary N) is 1. The second-order valence-electron chi connectivity index (χ2n) is 6.68. The van der Waals surface area contributed by atoms with E-state index in [0.29, 0.717) is 12.5 Å². The minimum absolute atomic E-state index is 0.493. The first kappa shape index (κ1) is 16.7. The van der Waals surface area contributed by atoms with Gasteiger partial charge in [-0.3, -0.25) is 15.0 Å². The molecule has 0 aliphatic carbocycles. The van der Waals surface area contributed by atoms with E-state index in [1.807, 2.05) is 24.3 Å². The number of hydrogen-bond donors (Lipinski definition) is 1. The van der Waals surface area contributed by atoms with Crippen LogP contribution in [0.25, 0.3) is 0 Å². The molecule has 1 aromatic carbocycles. The Kier molecular flexibility index (Phi) is 5.21. The fourth-order valence-electron chi connectivity index (χ4n) is 3.41. The number of aromatic nitrogens is 4. The molecule has 0 spiro atoms. The van der Waals surface area contributed by atoms with Crippen molar-refractivity contribution in [3.8, 4) is 5.75 Å². The molecule has 0 unspecified atom stereocenters. The first-order valence-electron chi connectivity index (χ1n) is 9.06. The third-order valence-electron chi connectivity index (χ3n) is 4.83. The van der Waals surface area contributed by atoms with Crippen LogP contribution in [0.1, 0.15) is 35.8 Å². The van der Waals surface area contributed by atoms with Crippen LogP contribution in [0.2, 0.25) is 0 Å². The van der Waals surface area contributed by atoms with Gasteiger partial charge >= 0.3 is 0 Å². The normalized spacial score (nSPS) is 15.8. The molecule has 26 heavy (non-hydrogen) atoms. The molecule has 3 heterocycles. The van der Waals surface area contributed by atoms with Crippen molar-refractivity contribution in [3.63, 3.8) is 0 Å². The molecule has 6 nitrogen and oxygen atoms in total. The van der Waals surface area contributed by atoms with Crippen LogP contribution in [0.4, 0.5) is 0 Å². The Morgan fingerprint density at radius 2 is 2.00 bits per heavy atom. The summed E-state index contributed by atoms with van der Waals surface area (Å²) < 4.78 is 5.89. The molecule has 0 bridgehead atoms. The molecule has 0 saturated carbocycles. The van der Waals surface area contributed by atoms with Crippen LogP contribution >= 0.6 is 0 Å². The predicted octanol–water partition coefficient (Wildman–Crippen LogP) is 3.16. The molecule has 0 radical (unpaired) electrons. The number of aromatic amines is 1. The van der Waals surface area contributed by atoms with Gasteiger partial charge < -0.3 is 4.74 Å². The Hall–Kier alpha value is -2.73. The minimum Gasteiger partial charge on any atom is -0.487 e. The van der Waals surface area contributed by atoms with Crippen LogP contribution in [0.5, 0.6) is 5.75 Å². The van der Waals surface area contributed by atoms with Crippen molar-refractivity contribution in [2.75, 3.05) is 13.1 Å². The fourth-order valence-corrected chi connectivity index (χ4v) is 3.41. The molecule has 1 aliphatic heterocycles. The molecular formula is C20H23N5O. The highest BCUT2D eigenvalue weighted by atomic mass is 16.5. The number of hydrogen-bond acceptors (Lipinski definition) is 5. The largest absolute Gasteiger partial charge is 0.487 e. The number of benzene rings is 1. The van der Waals surface area contributed by atoms with E-state index in [9.17, 15) is 0 Å². The molecule has 134 valence electrons. The maximum atomic E-state index is 5.89. The van der Waals surface area contributed by atoms with Gasteiger partial charge in [0.25, 0.3) is 0 Å². The van der Waals surface area contributed by atoms with Gasteiger partial charge in [0.05, 0.1) is 5.69 Å². The third-order valence-corrected chi connectivity index (χ3v) is 4.83. The summed E-state index contributed by atoms with van der Waals surface area (Å²) in [5.74, 6) is 2.42. The summed E-state index contributed by atoms with van der Waals surface area (Å²) >= 11 is 0. The zero-order valence-corrected chi connectivity index (χ0v) is 14.7. The van der Waals surface area contributed by atoms with E-state index in [-0.39, 0.29) is 0 Å². The molecular weight excluding hydrogens is 326 g/mol. The standard InChI is InChI=1S/C20H23N5O/c1-2-9-21-18(5-1)14-26-19-6-3-4-16(12-19)13-25-10-7-17(8-11-25)20-22-15-23-24-20/h1-6,9,12,15,17H,7-8,10-11,13-14H2,(H,22,23,24). The highest BCUT2D eigenvalue weighted by Gasteiger charge is 2.22. The van der Waals surface area contributed by atoms with Gasteiger partial charge in [-0.15, -0.1) is 0 Å². The lowest BCUT2D eigenvalue weighted by Gasteiger charge is -2.31. The molecule has 3 aromatic rings. The first-order valence-corrected chi connectivity index (χ1v) is 9.06. The van der Waals surface area contributed by atoms with Gasteiger partial charge in [-0.05, 0) is 55.8 Å². The highest BCUT2D eigenvalue weighted by Crippen LogP contribution is 2.26. The SMILES string of the molecule is c1ccc(COc2cccc(CN3CCC(c4ncn[nH]4)CC3)c2)nc1. The van der Waals surface area contributed by atoms with Crippen LogP contribution in [-0.4, -0.2) is 38.2 Å². The predicted molar refractivity (Wildman–Crippen MR) is 98.6 cm³/mol. The van der Waals surface area contributed by atoms with Gasteiger partial charge in [-0.2, -0.15) is 5.10 Å². The fraction of sp³-hybridized carbons (Fsp3) is 0.350. The lowest BCUT2D eigenvalue weighted by molar-refractivity contribution is 0.201. The molecule has 1 saturated heterocycles. The number of piperidine rings is 1. The summed E-state index contributed by atoms with van der Waals surface area (Å²) in [4.78, 5) is 11.1. The van der Waals surface area contributed by atoms with E-state index in [1.54, 1.807) is 12.5 Å². The molecule has 4 rings (SSSR count). The van der Waals surface area contributed by atoms with Crippen LogP contribution in [-0.2, 0) is 13.2 Å². The lowest BCUT2D eigenvalue weighted by atomic mass is 9.96. The summed E-state index contributed by atoms with van der Waals surface area (Å²) in [6.07, 6.45) is 5.62. The van der Waals surface area contributed by atoms with Crippen LogP contribution in [0.3, 0.4) is 0 Å². The molecule has 1 fully saturated rings. The van der Waals surface area contributed by atoms with Gasteiger partial charge in [0, 0.05) is 18.7 Å². The molecule has 1 N–H and O–H groups in total. The number of ether oxygens (including phenoxy) is 1. The van der Waals surface area contributed by atoms with Crippen molar-refractivity contribution in [2.24, 2.45) is 0 Å². The Morgan fingerprint density at radius 3 is 2.77 bits per heavy atom. The minimum atomic E-state index is 0.493. The van der Waals surface area contributed by atoms with Gasteiger partial charge in [0.15, 0.2) is 0 Å². The number of H-pyrrole nitrogens is 1. The maximum Gasteiger partial charge on any atom is 0.137 e. The van der Waals surface area contributed by atoms with Gasteiger partial charge in [0.2, 0.25) is 0 Å². The molecule has 1 aliphatic rings. The quantitative estimate of drug-likeness (QED) is 0.740. The number of nitrogens with zero attached hydrogens (tertiary/aromatic N) is 4. The van der Waals surface area contributed by atoms with E-state index in [4.69, 9.17) is 4.74 Å². The van der Waals surface area contributed by atoms with E-state index in [0.717, 1.165) is 49.7 Å². The Balaban J connectivity index is 1.30. The number of likely N-dealkylation sites (tertiary alicyclic amines) is 1. The average molecular weight is 349 g/mol. The van der Waals surface area contributed by atoms with Crippen molar-refractivity contribution >= 4 is 0 Å². The molecule has 2 aromatic heterocycles. The molecule has 6 heteroatoms. The lowest BCUT2D eigenvalue weighted by Crippen LogP contribution is -2.32. The topological polar surface area (TPSA) is 66.9 Å². The summed E-state index contributed by atoms with van der Waals surface area (Å²) in [7, 11) is 0. The molecule has 0 atom stereocenters. The maximum absolute atomic E-state index is 5.89. The monoisotopic (exact) mass is 349 g/mol. The second-order valence-corrected chi connectivity index (χ2v) is 6.68. The van der Waals surface area contributed by atoms with Crippen molar-refractivity contribution in [1.29, 1.82) is 0 Å². The second kappa shape index (κ2) is 8.10. The highest BCUT2D eigenvalue weighted by molar-refractivity contribution is 5.28. The Morgan fingerprint density at radius 1 is 1.08 bits per heavy atom. The number of rotatable bonds is 6. The first-order chi connectivity index (χ1) is 12.9. The van der Waals surface area contributed by atoms with Crippen LogP contribution in [0.15, 0.2) is 55.0 Å². The van der Waals surface area contributed by atoms with Gasteiger partial charge in [0.1, 0.15) is 24.5 Å². The summed E-state index contributed by atoms with van der Waals surface area (Å²) in [6, 6.07) is 14.2. The van der Waals surface area contributed by atoms with Crippen molar-refractivity contribution < 1.29 is 4.74 Å². The number of pyridine rings is 1.